The predicted octanol–water partition coefficient (Wildman–Crippen LogP) is 3.94. The van der Waals surface area contributed by atoms with Crippen LogP contribution in [0.1, 0.15) is 22.9 Å². The molecule has 0 amide bonds. The number of fused-ring (bicyclic) bond motifs is 1. The van der Waals surface area contributed by atoms with Crippen LogP contribution in [0.5, 0.6) is 0 Å². The Bertz CT molecular complexity index is 955. The van der Waals surface area contributed by atoms with Gasteiger partial charge in [0.25, 0.3) is 0 Å². The number of benzene rings is 1. The summed E-state index contributed by atoms with van der Waals surface area (Å²) < 4.78 is 1.77. The normalized spacial score (nSPS) is 19.3. The van der Waals surface area contributed by atoms with E-state index in [1.165, 1.54) is 0 Å². The first kappa shape index (κ1) is 17.9. The minimum absolute atomic E-state index is 0.148. The van der Waals surface area contributed by atoms with Gasteiger partial charge >= 0.3 is 0 Å². The molecule has 8 heteroatoms. The van der Waals surface area contributed by atoms with Crippen molar-refractivity contribution < 1.29 is 5.11 Å². The van der Waals surface area contributed by atoms with Gasteiger partial charge in [0.1, 0.15) is 5.01 Å². The van der Waals surface area contributed by atoms with Crippen LogP contribution < -0.4 is 0 Å². The number of thiazole rings is 1. The van der Waals surface area contributed by atoms with E-state index in [9.17, 15) is 5.11 Å². The van der Waals surface area contributed by atoms with Crippen LogP contribution in [-0.4, -0.2) is 37.9 Å². The largest absolute Gasteiger partial charge is 0.391 e. The summed E-state index contributed by atoms with van der Waals surface area (Å²) in [6.45, 7) is 0.627. The fourth-order valence-electron chi connectivity index (χ4n) is 3.56. The Hall–Kier alpha value is -1.44. The van der Waals surface area contributed by atoms with Crippen LogP contribution in [0.25, 0.3) is 10.6 Å². The summed E-state index contributed by atoms with van der Waals surface area (Å²) in [6, 6.07) is 3.49. The van der Waals surface area contributed by atoms with Crippen LogP contribution in [0, 0.1) is 0 Å². The van der Waals surface area contributed by atoms with Crippen LogP contribution in [0.2, 0.25) is 10.0 Å². The third-order valence-electron chi connectivity index (χ3n) is 4.68. The molecule has 0 unspecified atom stereocenters. The number of rotatable bonds is 4. The molecule has 0 radical (unpaired) electrons. The van der Waals surface area contributed by atoms with Crippen LogP contribution in [0.3, 0.4) is 0 Å². The number of likely N-dealkylation sites (N-methyl/N-ethyl adjacent to an activating group) is 1. The van der Waals surface area contributed by atoms with E-state index in [2.05, 4.69) is 10.00 Å². The maximum atomic E-state index is 10.6. The Morgan fingerprint density at radius 1 is 1.38 bits per heavy atom. The van der Waals surface area contributed by atoms with Crippen molar-refractivity contribution in [2.24, 2.45) is 7.05 Å². The molecule has 0 spiro atoms. The fraction of sp³-hybridized carbons (Fsp3) is 0.333. The number of aliphatic hydroxyl groups excluding tert-OH is 1. The number of aliphatic hydroxyl groups is 1. The lowest BCUT2D eigenvalue weighted by atomic mass is 10.1. The Morgan fingerprint density at radius 3 is 2.92 bits per heavy atom. The highest BCUT2D eigenvalue weighted by Crippen LogP contribution is 2.41. The zero-order chi connectivity index (χ0) is 18.4. The van der Waals surface area contributed by atoms with Gasteiger partial charge in [0, 0.05) is 47.2 Å². The van der Waals surface area contributed by atoms with Crippen molar-refractivity contribution in [2.45, 2.75) is 25.1 Å². The molecule has 0 saturated carbocycles. The molecule has 3 aromatic rings. The Morgan fingerprint density at radius 2 is 2.19 bits per heavy atom. The molecule has 4 rings (SSSR count). The summed E-state index contributed by atoms with van der Waals surface area (Å²) >= 11 is 14.1. The van der Waals surface area contributed by atoms with Gasteiger partial charge in [-0.3, -0.25) is 9.58 Å². The predicted molar refractivity (Wildman–Crippen MR) is 105 cm³/mol. The molecular formula is C18H18Cl2N4OS. The minimum atomic E-state index is -0.512. The van der Waals surface area contributed by atoms with Crippen molar-refractivity contribution >= 4 is 34.5 Å². The zero-order valence-electron chi connectivity index (χ0n) is 14.4. The smallest absolute Gasteiger partial charge is 0.126 e. The van der Waals surface area contributed by atoms with Gasteiger partial charge in [-0.2, -0.15) is 5.10 Å². The van der Waals surface area contributed by atoms with Crippen molar-refractivity contribution in [1.29, 1.82) is 0 Å². The lowest BCUT2D eigenvalue weighted by Gasteiger charge is -2.27. The Kier molecular flexibility index (Phi) is 4.79. The van der Waals surface area contributed by atoms with Crippen molar-refractivity contribution in [2.75, 3.05) is 7.05 Å². The molecule has 1 N–H and O–H groups in total. The molecule has 1 aliphatic rings. The van der Waals surface area contributed by atoms with Crippen LogP contribution in [0.4, 0.5) is 0 Å². The molecule has 2 aromatic heterocycles. The van der Waals surface area contributed by atoms with Crippen molar-refractivity contribution in [1.82, 2.24) is 19.7 Å². The van der Waals surface area contributed by atoms with Crippen LogP contribution in [-0.2, 0) is 20.0 Å². The molecule has 1 aliphatic carbocycles. The molecule has 136 valence electrons. The number of hydrogen-bond donors (Lipinski definition) is 1. The van der Waals surface area contributed by atoms with Gasteiger partial charge < -0.3 is 5.11 Å². The number of aromatic nitrogens is 3. The number of nitrogens with zero attached hydrogens (tertiary/aromatic N) is 4. The van der Waals surface area contributed by atoms with Gasteiger partial charge in [0.2, 0.25) is 0 Å². The number of hydrogen-bond acceptors (Lipinski definition) is 5. The average molecular weight is 409 g/mol. The fourth-order valence-corrected chi connectivity index (χ4v) is 4.93. The average Bonchev–Trinajstić information content (AvgIpc) is 3.26. The highest BCUT2D eigenvalue weighted by Gasteiger charge is 2.35. The third kappa shape index (κ3) is 3.28. The summed E-state index contributed by atoms with van der Waals surface area (Å²) in [7, 11) is 3.88. The SMILES string of the molecule is CN(Cc1csc(-c2cnn(C)c2)n1)[C@@H]1c2cc(Cl)cc(Cl)c2C[C@H]1O. The summed E-state index contributed by atoms with van der Waals surface area (Å²) in [5, 5.41) is 19.0. The summed E-state index contributed by atoms with van der Waals surface area (Å²) in [5.41, 5.74) is 3.95. The third-order valence-corrected chi connectivity index (χ3v) is 6.18. The topological polar surface area (TPSA) is 54.2 Å². The lowest BCUT2D eigenvalue weighted by Crippen LogP contribution is -2.30. The standard InChI is InChI=1S/C18H18Cl2N4OS/c1-23(8-12-9-26-18(22-12)10-6-21-24(2)7-10)17-14-3-11(19)4-15(20)13(14)5-16(17)25/h3-4,6-7,9,16-17,25H,5,8H2,1-2H3/t16-,17-/m1/s1. The van der Waals surface area contributed by atoms with E-state index in [1.807, 2.05) is 37.9 Å². The highest BCUT2D eigenvalue weighted by atomic mass is 35.5. The molecule has 0 bridgehead atoms. The van der Waals surface area contributed by atoms with E-state index >= 15 is 0 Å². The highest BCUT2D eigenvalue weighted by molar-refractivity contribution is 7.13. The number of halogens is 2. The Labute approximate surface area is 165 Å². The van der Waals surface area contributed by atoms with Gasteiger partial charge in [-0.25, -0.2) is 4.98 Å². The van der Waals surface area contributed by atoms with Crippen molar-refractivity contribution in [3.8, 4) is 10.6 Å². The van der Waals surface area contributed by atoms with E-state index in [4.69, 9.17) is 28.2 Å². The second-order valence-corrected chi connectivity index (χ2v) is 8.34. The van der Waals surface area contributed by atoms with Gasteiger partial charge in [-0.1, -0.05) is 23.2 Å². The first-order chi connectivity index (χ1) is 12.4. The zero-order valence-corrected chi connectivity index (χ0v) is 16.7. The molecule has 26 heavy (non-hydrogen) atoms. The van der Waals surface area contributed by atoms with Crippen LogP contribution >= 0.6 is 34.5 Å². The minimum Gasteiger partial charge on any atom is -0.391 e. The molecule has 2 atom stereocenters. The van der Waals surface area contributed by atoms with Gasteiger partial charge in [-0.05, 0) is 30.3 Å². The summed E-state index contributed by atoms with van der Waals surface area (Å²) in [6.07, 6.45) is 3.79. The first-order valence-electron chi connectivity index (χ1n) is 8.22. The monoisotopic (exact) mass is 408 g/mol. The van der Waals surface area contributed by atoms with Gasteiger partial charge in [0.05, 0.1) is 24.0 Å². The van der Waals surface area contributed by atoms with E-state index in [0.29, 0.717) is 23.0 Å². The maximum absolute atomic E-state index is 10.6. The molecule has 2 heterocycles. The second kappa shape index (κ2) is 6.94. The maximum Gasteiger partial charge on any atom is 0.126 e. The van der Waals surface area contributed by atoms with Gasteiger partial charge in [-0.15, -0.1) is 11.3 Å². The summed E-state index contributed by atoms with van der Waals surface area (Å²) in [4.78, 5) is 6.81. The van der Waals surface area contributed by atoms with Crippen molar-refractivity contribution in [3.63, 3.8) is 0 Å². The second-order valence-electron chi connectivity index (χ2n) is 6.63. The molecule has 5 nitrogen and oxygen atoms in total. The Balaban J connectivity index is 1.56. The van der Waals surface area contributed by atoms with Crippen molar-refractivity contribution in [3.05, 3.63) is 56.8 Å². The van der Waals surface area contributed by atoms with E-state index in [1.54, 1.807) is 22.1 Å². The quantitative estimate of drug-likeness (QED) is 0.709. The first-order valence-corrected chi connectivity index (χ1v) is 9.85. The summed E-state index contributed by atoms with van der Waals surface area (Å²) in [5.74, 6) is 0. The molecular weight excluding hydrogens is 391 g/mol. The lowest BCUT2D eigenvalue weighted by molar-refractivity contribution is 0.0719. The van der Waals surface area contributed by atoms with E-state index in [0.717, 1.165) is 27.4 Å². The molecule has 0 fully saturated rings. The van der Waals surface area contributed by atoms with Crippen LogP contribution in [0.15, 0.2) is 29.9 Å². The number of aryl methyl sites for hydroxylation is 1. The molecule has 1 aromatic carbocycles. The molecule has 0 saturated heterocycles. The van der Waals surface area contributed by atoms with Gasteiger partial charge in [0.15, 0.2) is 0 Å². The van der Waals surface area contributed by atoms with E-state index < -0.39 is 6.10 Å². The molecule has 0 aliphatic heterocycles. The van der Waals surface area contributed by atoms with E-state index in [-0.39, 0.29) is 6.04 Å².